The number of rotatable bonds is 3. The lowest BCUT2D eigenvalue weighted by molar-refractivity contribution is 0.601. The van der Waals surface area contributed by atoms with Crippen molar-refractivity contribution in [2.75, 3.05) is 5.73 Å². The molecule has 6 nitrogen and oxygen atoms in total. The van der Waals surface area contributed by atoms with E-state index in [9.17, 15) is 8.78 Å². The van der Waals surface area contributed by atoms with Crippen molar-refractivity contribution in [3.63, 3.8) is 0 Å². The fourth-order valence-electron chi connectivity index (χ4n) is 2.84. The summed E-state index contributed by atoms with van der Waals surface area (Å²) in [5, 5.41) is 0. The number of hydrogen-bond acceptors (Lipinski definition) is 5. The maximum atomic E-state index is 14.2. The smallest absolute Gasteiger partial charge is 0.166 e. The number of nitrogens with two attached hydrogens (primary N) is 1. The Morgan fingerprint density at radius 3 is 2.65 bits per heavy atom. The Bertz CT molecular complexity index is 1120. The van der Waals surface area contributed by atoms with Crippen molar-refractivity contribution < 1.29 is 8.78 Å². The molecule has 0 saturated heterocycles. The van der Waals surface area contributed by atoms with Gasteiger partial charge in [-0.1, -0.05) is 18.2 Å². The molecule has 2 N–H and O–H groups in total. The van der Waals surface area contributed by atoms with Crippen molar-refractivity contribution in [3.8, 4) is 11.4 Å². The summed E-state index contributed by atoms with van der Waals surface area (Å²) < 4.78 is 29.5. The Balaban J connectivity index is 1.98. The molecule has 8 heteroatoms. The van der Waals surface area contributed by atoms with Crippen LogP contribution in [-0.4, -0.2) is 24.5 Å². The lowest BCUT2D eigenvalue weighted by Gasteiger charge is -2.10. The number of hydrogen-bond donors (Lipinski definition) is 1. The SMILES string of the molecule is Cc1nc(N)c2nc(-c3cncc(F)c3)n(Cc3ccccc3F)c2n1. The van der Waals surface area contributed by atoms with Crippen molar-refractivity contribution in [1.82, 2.24) is 24.5 Å². The topological polar surface area (TPSA) is 82.5 Å². The molecule has 0 fully saturated rings. The maximum absolute atomic E-state index is 14.2. The van der Waals surface area contributed by atoms with E-state index in [2.05, 4.69) is 19.9 Å². The molecule has 3 aromatic heterocycles. The zero-order chi connectivity index (χ0) is 18.3. The molecule has 3 heterocycles. The number of aryl methyl sites for hydroxylation is 1. The molecule has 0 amide bonds. The molecule has 130 valence electrons. The number of anilines is 1. The van der Waals surface area contributed by atoms with Gasteiger partial charge in [0, 0.05) is 17.3 Å². The van der Waals surface area contributed by atoms with E-state index in [1.807, 2.05) is 0 Å². The molecular weight excluding hydrogens is 338 g/mol. The predicted molar refractivity (Wildman–Crippen MR) is 93.2 cm³/mol. The lowest BCUT2D eigenvalue weighted by atomic mass is 10.2. The summed E-state index contributed by atoms with van der Waals surface area (Å²) in [6.45, 7) is 1.87. The van der Waals surface area contributed by atoms with E-state index in [1.54, 1.807) is 29.7 Å². The van der Waals surface area contributed by atoms with Crippen LogP contribution in [0.2, 0.25) is 0 Å². The van der Waals surface area contributed by atoms with Crippen molar-refractivity contribution in [3.05, 3.63) is 65.7 Å². The van der Waals surface area contributed by atoms with E-state index in [4.69, 9.17) is 5.73 Å². The summed E-state index contributed by atoms with van der Waals surface area (Å²) in [6.07, 6.45) is 2.59. The average Bonchev–Trinajstić information content (AvgIpc) is 2.96. The summed E-state index contributed by atoms with van der Waals surface area (Å²) in [6, 6.07) is 7.73. The fraction of sp³-hybridized carbons (Fsp3) is 0.111. The van der Waals surface area contributed by atoms with Gasteiger partial charge in [0.25, 0.3) is 0 Å². The second-order valence-corrected chi connectivity index (χ2v) is 5.83. The van der Waals surface area contributed by atoms with Crippen LogP contribution in [0.25, 0.3) is 22.6 Å². The average molecular weight is 352 g/mol. The van der Waals surface area contributed by atoms with Crippen LogP contribution in [-0.2, 0) is 6.54 Å². The summed E-state index contributed by atoms with van der Waals surface area (Å²) in [4.78, 5) is 16.9. The van der Waals surface area contributed by atoms with Crippen LogP contribution in [0.4, 0.5) is 14.6 Å². The van der Waals surface area contributed by atoms with Crippen LogP contribution in [0.15, 0.2) is 42.7 Å². The number of fused-ring (bicyclic) bond motifs is 1. The van der Waals surface area contributed by atoms with Gasteiger partial charge in [0.2, 0.25) is 0 Å². The van der Waals surface area contributed by atoms with Gasteiger partial charge in [-0.25, -0.2) is 23.7 Å². The standard InChI is InChI=1S/C18H14F2N6/c1-10-23-16(21)15-18(24-10)26(9-11-4-2-3-5-14(11)20)17(25-15)12-6-13(19)8-22-7-12/h2-8H,9H2,1H3,(H2,21,23,24). The van der Waals surface area contributed by atoms with Gasteiger partial charge >= 0.3 is 0 Å². The highest BCUT2D eigenvalue weighted by atomic mass is 19.1. The van der Waals surface area contributed by atoms with E-state index >= 15 is 0 Å². The Hall–Kier alpha value is -3.42. The maximum Gasteiger partial charge on any atom is 0.166 e. The van der Waals surface area contributed by atoms with Gasteiger partial charge in [0.1, 0.15) is 23.3 Å². The van der Waals surface area contributed by atoms with Crippen molar-refractivity contribution in [2.45, 2.75) is 13.5 Å². The molecule has 0 saturated carbocycles. The summed E-state index contributed by atoms with van der Waals surface area (Å²) in [5.74, 6) is 0.222. The first-order valence-electron chi connectivity index (χ1n) is 7.87. The zero-order valence-corrected chi connectivity index (χ0v) is 13.8. The van der Waals surface area contributed by atoms with Gasteiger partial charge in [-0.2, -0.15) is 0 Å². The third-order valence-electron chi connectivity index (χ3n) is 3.98. The molecule has 0 aliphatic carbocycles. The zero-order valence-electron chi connectivity index (χ0n) is 13.8. The Morgan fingerprint density at radius 1 is 1.08 bits per heavy atom. The first kappa shape index (κ1) is 16.1. The minimum absolute atomic E-state index is 0.158. The van der Waals surface area contributed by atoms with Gasteiger partial charge in [-0.05, 0) is 19.1 Å². The highest BCUT2D eigenvalue weighted by Gasteiger charge is 2.19. The number of nitrogen functional groups attached to an aromatic ring is 1. The molecule has 1 aromatic carbocycles. The molecular formula is C18H14F2N6. The molecule has 0 spiro atoms. The van der Waals surface area contributed by atoms with Crippen LogP contribution >= 0.6 is 0 Å². The minimum Gasteiger partial charge on any atom is -0.382 e. The highest BCUT2D eigenvalue weighted by molar-refractivity contribution is 5.85. The summed E-state index contributed by atoms with van der Waals surface area (Å²) >= 11 is 0. The van der Waals surface area contributed by atoms with Gasteiger partial charge in [-0.15, -0.1) is 0 Å². The quantitative estimate of drug-likeness (QED) is 0.613. The first-order valence-corrected chi connectivity index (χ1v) is 7.87. The Morgan fingerprint density at radius 2 is 1.88 bits per heavy atom. The molecule has 4 rings (SSSR count). The van der Waals surface area contributed by atoms with Gasteiger partial charge in [0.05, 0.1) is 12.7 Å². The molecule has 0 aliphatic heterocycles. The third-order valence-corrected chi connectivity index (χ3v) is 3.98. The molecule has 0 aliphatic rings. The van der Waals surface area contributed by atoms with Crippen LogP contribution in [0, 0.1) is 18.6 Å². The van der Waals surface area contributed by atoms with Crippen LogP contribution in [0.3, 0.4) is 0 Å². The number of benzene rings is 1. The highest BCUT2D eigenvalue weighted by Crippen LogP contribution is 2.27. The van der Waals surface area contributed by atoms with Gasteiger partial charge in [-0.3, -0.25) is 4.98 Å². The van der Waals surface area contributed by atoms with E-state index in [1.165, 1.54) is 18.3 Å². The Kier molecular flexibility index (Phi) is 3.80. The molecule has 4 aromatic rings. The predicted octanol–water partition coefficient (Wildman–Crippen LogP) is 3.11. The second kappa shape index (κ2) is 6.14. The Labute approximate surface area is 147 Å². The van der Waals surface area contributed by atoms with Crippen LogP contribution < -0.4 is 5.73 Å². The van der Waals surface area contributed by atoms with E-state index in [-0.39, 0.29) is 18.2 Å². The van der Waals surface area contributed by atoms with Crippen molar-refractivity contribution >= 4 is 17.0 Å². The number of imidazole rings is 1. The minimum atomic E-state index is -0.498. The van der Waals surface area contributed by atoms with E-state index in [0.717, 1.165) is 6.20 Å². The first-order chi connectivity index (χ1) is 12.5. The van der Waals surface area contributed by atoms with E-state index < -0.39 is 5.82 Å². The number of nitrogens with zero attached hydrogens (tertiary/aromatic N) is 5. The number of halogens is 2. The normalized spacial score (nSPS) is 11.2. The van der Waals surface area contributed by atoms with Gasteiger partial charge in [0.15, 0.2) is 17.0 Å². The summed E-state index contributed by atoms with van der Waals surface area (Å²) in [7, 11) is 0. The number of aromatic nitrogens is 5. The third kappa shape index (κ3) is 2.75. The second-order valence-electron chi connectivity index (χ2n) is 5.83. The van der Waals surface area contributed by atoms with Crippen molar-refractivity contribution in [1.29, 1.82) is 0 Å². The monoisotopic (exact) mass is 352 g/mol. The molecule has 0 bridgehead atoms. The molecule has 0 unspecified atom stereocenters. The fourth-order valence-corrected chi connectivity index (χ4v) is 2.84. The van der Waals surface area contributed by atoms with Crippen molar-refractivity contribution in [2.24, 2.45) is 0 Å². The van der Waals surface area contributed by atoms with Gasteiger partial charge < -0.3 is 10.3 Å². The molecule has 0 radical (unpaired) electrons. The number of pyridine rings is 1. The largest absolute Gasteiger partial charge is 0.382 e. The lowest BCUT2D eigenvalue weighted by Crippen LogP contribution is -2.06. The van der Waals surface area contributed by atoms with Crippen LogP contribution in [0.5, 0.6) is 0 Å². The van der Waals surface area contributed by atoms with Crippen LogP contribution in [0.1, 0.15) is 11.4 Å². The summed E-state index contributed by atoms with van der Waals surface area (Å²) in [5.41, 5.74) is 7.71. The molecule has 26 heavy (non-hydrogen) atoms. The van der Waals surface area contributed by atoms with E-state index in [0.29, 0.717) is 33.9 Å². The molecule has 0 atom stereocenters.